The largest absolute Gasteiger partial charge is 0.491 e. The summed E-state index contributed by atoms with van der Waals surface area (Å²) < 4.78 is 5.71. The Morgan fingerprint density at radius 1 is 1.04 bits per heavy atom. The topological polar surface area (TPSA) is 75.7 Å². The molecule has 1 N–H and O–H groups in total. The van der Waals surface area contributed by atoms with Gasteiger partial charge in [0.25, 0.3) is 11.8 Å². The maximum absolute atomic E-state index is 12.7. The molecule has 3 amide bonds. The number of hydrogen-bond donors (Lipinski definition) is 1. The third-order valence-corrected chi connectivity index (χ3v) is 4.49. The van der Waals surface area contributed by atoms with Gasteiger partial charge in [-0.3, -0.25) is 19.3 Å². The van der Waals surface area contributed by atoms with E-state index in [1.165, 1.54) is 6.92 Å². The average Bonchev–Trinajstić information content (AvgIpc) is 2.93. The molecule has 0 aliphatic carbocycles. The van der Waals surface area contributed by atoms with Crippen LogP contribution in [0.1, 0.15) is 47.4 Å². The molecule has 1 atom stereocenters. The first-order valence-corrected chi connectivity index (χ1v) is 9.04. The lowest BCUT2D eigenvalue weighted by atomic mass is 10.1. The second-order valence-corrected chi connectivity index (χ2v) is 6.39. The molecule has 1 unspecified atom stereocenters. The smallest absolute Gasteiger partial charge is 0.262 e. The van der Waals surface area contributed by atoms with Gasteiger partial charge in [0.05, 0.1) is 23.4 Å². The molecule has 1 aliphatic heterocycles. The van der Waals surface area contributed by atoms with E-state index in [-0.39, 0.29) is 0 Å². The van der Waals surface area contributed by atoms with Crippen LogP contribution in [0.4, 0.5) is 5.69 Å². The zero-order valence-electron chi connectivity index (χ0n) is 15.4. The highest BCUT2D eigenvalue weighted by molar-refractivity contribution is 6.23. The van der Waals surface area contributed by atoms with Gasteiger partial charge in [0.2, 0.25) is 5.91 Å². The number of para-hydroxylation sites is 2. The van der Waals surface area contributed by atoms with E-state index >= 15 is 0 Å². The van der Waals surface area contributed by atoms with Crippen molar-refractivity contribution in [3.63, 3.8) is 0 Å². The van der Waals surface area contributed by atoms with Gasteiger partial charge in [-0.05, 0) is 37.6 Å². The quantitative estimate of drug-likeness (QED) is 0.601. The van der Waals surface area contributed by atoms with Crippen LogP contribution in [0.5, 0.6) is 5.75 Å². The summed E-state index contributed by atoms with van der Waals surface area (Å²) in [4.78, 5) is 38.8. The molecular weight excluding hydrogens is 344 g/mol. The van der Waals surface area contributed by atoms with Gasteiger partial charge in [-0.2, -0.15) is 0 Å². The van der Waals surface area contributed by atoms with E-state index in [1.807, 2.05) is 6.07 Å². The van der Waals surface area contributed by atoms with Crippen molar-refractivity contribution >= 4 is 23.4 Å². The van der Waals surface area contributed by atoms with Crippen LogP contribution in [-0.2, 0) is 4.79 Å². The van der Waals surface area contributed by atoms with E-state index in [0.717, 1.165) is 17.7 Å². The summed E-state index contributed by atoms with van der Waals surface area (Å²) in [5.74, 6) is -0.790. The Bertz CT molecular complexity index is 843. The van der Waals surface area contributed by atoms with Crippen LogP contribution in [0.2, 0.25) is 0 Å². The van der Waals surface area contributed by atoms with E-state index in [2.05, 4.69) is 12.2 Å². The molecule has 0 saturated heterocycles. The number of amides is 3. The monoisotopic (exact) mass is 366 g/mol. The minimum Gasteiger partial charge on any atom is -0.491 e. The second kappa shape index (κ2) is 8.03. The molecule has 0 saturated carbocycles. The first kappa shape index (κ1) is 18.6. The highest BCUT2D eigenvalue weighted by Crippen LogP contribution is 2.27. The molecule has 3 rings (SSSR count). The maximum atomic E-state index is 12.7. The molecule has 2 aromatic rings. The van der Waals surface area contributed by atoms with Crippen molar-refractivity contribution in [2.75, 3.05) is 11.9 Å². The molecule has 27 heavy (non-hydrogen) atoms. The summed E-state index contributed by atoms with van der Waals surface area (Å²) in [7, 11) is 0. The predicted molar refractivity (Wildman–Crippen MR) is 102 cm³/mol. The Morgan fingerprint density at radius 3 is 2.26 bits per heavy atom. The Kier molecular flexibility index (Phi) is 5.54. The lowest BCUT2D eigenvalue weighted by molar-refractivity contribution is -0.119. The zero-order valence-corrected chi connectivity index (χ0v) is 15.4. The van der Waals surface area contributed by atoms with Gasteiger partial charge in [-0.15, -0.1) is 0 Å². The van der Waals surface area contributed by atoms with Crippen LogP contribution < -0.4 is 10.1 Å². The van der Waals surface area contributed by atoms with Gasteiger partial charge in [0, 0.05) is 0 Å². The van der Waals surface area contributed by atoms with Crippen LogP contribution in [0, 0.1) is 0 Å². The molecule has 1 aliphatic rings. The maximum Gasteiger partial charge on any atom is 0.262 e. The first-order valence-electron chi connectivity index (χ1n) is 9.04. The number of nitrogens with zero attached hydrogens (tertiary/aromatic N) is 1. The van der Waals surface area contributed by atoms with Crippen molar-refractivity contribution in [1.82, 2.24) is 4.90 Å². The average molecular weight is 366 g/mol. The van der Waals surface area contributed by atoms with E-state index in [1.54, 1.807) is 42.5 Å². The molecule has 6 heteroatoms. The summed E-state index contributed by atoms with van der Waals surface area (Å²) in [6, 6.07) is 12.8. The first-order chi connectivity index (χ1) is 13.0. The number of fused-ring (bicyclic) bond motifs is 1. The predicted octanol–water partition coefficient (Wildman–Crippen LogP) is 3.49. The standard InChI is InChI=1S/C21H22N2O4/c1-3-4-13-27-18-12-8-7-11-17(18)22-19(24)14(2)23-20(25)15-9-5-6-10-16(15)21(23)26/h5-12,14H,3-4,13H2,1-2H3,(H,22,24). The van der Waals surface area contributed by atoms with Crippen LogP contribution in [-0.4, -0.2) is 35.3 Å². The SMILES string of the molecule is CCCCOc1ccccc1NC(=O)C(C)N1C(=O)c2ccccc2C1=O. The number of ether oxygens (including phenoxy) is 1. The molecule has 0 spiro atoms. The van der Waals surface area contributed by atoms with Crippen molar-refractivity contribution < 1.29 is 19.1 Å². The molecular formula is C21H22N2O4. The summed E-state index contributed by atoms with van der Waals surface area (Å²) in [6.07, 6.45) is 1.92. The Balaban J connectivity index is 1.74. The fourth-order valence-electron chi connectivity index (χ4n) is 2.94. The molecule has 0 radical (unpaired) electrons. The molecule has 0 aromatic heterocycles. The van der Waals surface area contributed by atoms with E-state index < -0.39 is 23.8 Å². The number of carbonyl (C=O) groups excluding carboxylic acids is 3. The van der Waals surface area contributed by atoms with Gasteiger partial charge >= 0.3 is 0 Å². The fourth-order valence-corrected chi connectivity index (χ4v) is 2.94. The molecule has 6 nitrogen and oxygen atoms in total. The van der Waals surface area contributed by atoms with E-state index in [9.17, 15) is 14.4 Å². The van der Waals surface area contributed by atoms with Crippen molar-refractivity contribution in [3.05, 3.63) is 59.7 Å². The number of unbranched alkanes of at least 4 members (excludes halogenated alkanes) is 1. The van der Waals surface area contributed by atoms with Gasteiger partial charge < -0.3 is 10.1 Å². The van der Waals surface area contributed by atoms with Crippen LogP contribution >= 0.6 is 0 Å². The lowest BCUT2D eigenvalue weighted by Gasteiger charge is -2.22. The summed E-state index contributed by atoms with van der Waals surface area (Å²) in [6.45, 7) is 4.16. The Labute approximate surface area is 158 Å². The number of benzene rings is 2. The second-order valence-electron chi connectivity index (χ2n) is 6.39. The molecule has 0 fully saturated rings. The number of hydrogen-bond acceptors (Lipinski definition) is 4. The van der Waals surface area contributed by atoms with E-state index in [0.29, 0.717) is 29.2 Å². The minimum absolute atomic E-state index is 0.324. The highest BCUT2D eigenvalue weighted by Gasteiger charge is 2.40. The van der Waals surface area contributed by atoms with Gasteiger partial charge in [-0.1, -0.05) is 37.6 Å². The van der Waals surface area contributed by atoms with E-state index in [4.69, 9.17) is 4.74 Å². The number of imide groups is 1. The molecule has 1 heterocycles. The van der Waals surface area contributed by atoms with Crippen molar-refractivity contribution in [3.8, 4) is 5.75 Å². The fraction of sp³-hybridized carbons (Fsp3) is 0.286. The third-order valence-electron chi connectivity index (χ3n) is 4.49. The third kappa shape index (κ3) is 3.69. The van der Waals surface area contributed by atoms with Crippen molar-refractivity contribution in [2.45, 2.75) is 32.7 Å². The lowest BCUT2D eigenvalue weighted by Crippen LogP contribution is -2.45. The summed E-state index contributed by atoms with van der Waals surface area (Å²) >= 11 is 0. The number of rotatable bonds is 7. The summed E-state index contributed by atoms with van der Waals surface area (Å²) in [5.41, 5.74) is 1.16. The highest BCUT2D eigenvalue weighted by atomic mass is 16.5. The van der Waals surface area contributed by atoms with Crippen LogP contribution in [0.15, 0.2) is 48.5 Å². The van der Waals surface area contributed by atoms with Crippen molar-refractivity contribution in [1.29, 1.82) is 0 Å². The number of carbonyl (C=O) groups is 3. The zero-order chi connectivity index (χ0) is 19.4. The van der Waals surface area contributed by atoms with Gasteiger partial charge in [-0.25, -0.2) is 0 Å². The molecule has 0 bridgehead atoms. The molecule has 2 aromatic carbocycles. The molecule has 140 valence electrons. The van der Waals surface area contributed by atoms with Crippen LogP contribution in [0.25, 0.3) is 0 Å². The Morgan fingerprint density at radius 2 is 1.63 bits per heavy atom. The van der Waals surface area contributed by atoms with Gasteiger partial charge in [0.1, 0.15) is 11.8 Å². The number of anilines is 1. The minimum atomic E-state index is -0.943. The summed E-state index contributed by atoms with van der Waals surface area (Å²) in [5, 5.41) is 2.77. The number of nitrogens with one attached hydrogen (secondary N) is 1. The normalized spacial score (nSPS) is 14.1. The van der Waals surface area contributed by atoms with Crippen LogP contribution in [0.3, 0.4) is 0 Å². The van der Waals surface area contributed by atoms with Gasteiger partial charge in [0.15, 0.2) is 0 Å². The Hall–Kier alpha value is -3.15. The van der Waals surface area contributed by atoms with Crippen molar-refractivity contribution in [2.24, 2.45) is 0 Å².